The van der Waals surface area contributed by atoms with Crippen LogP contribution in [0, 0.1) is 92.7 Å². The van der Waals surface area contributed by atoms with E-state index in [0.717, 1.165) is 23.7 Å². The summed E-state index contributed by atoms with van der Waals surface area (Å²) in [7, 11) is 0. The molecule has 12 atom stereocenters. The molecule has 4 aliphatic carbocycles. The van der Waals surface area contributed by atoms with Gasteiger partial charge in [0.25, 0.3) is 0 Å². The molecule has 8 N–H and O–H groups in total. The van der Waals surface area contributed by atoms with E-state index in [4.69, 9.17) is 0 Å². The van der Waals surface area contributed by atoms with Gasteiger partial charge < -0.3 is 0 Å². The molecule has 8 nitrogen and oxygen atoms in total. The fourth-order valence-corrected chi connectivity index (χ4v) is 15.2. The zero-order valence-electron chi connectivity index (χ0n) is 38.0. The highest BCUT2D eigenvalue weighted by Crippen LogP contribution is 2.53. The number of nitrogens with one attached hydrogen (secondary N) is 8. The van der Waals surface area contributed by atoms with Gasteiger partial charge in [0.15, 0.2) is 0 Å². The first-order chi connectivity index (χ1) is 26.2. The molecule has 5 heterocycles. The fraction of sp³-hybridized carbons (Fsp3) is 1.00. The lowest BCUT2D eigenvalue weighted by molar-refractivity contribution is 0.0697. The van der Waals surface area contributed by atoms with Crippen molar-refractivity contribution in [3.63, 3.8) is 0 Å². The molecule has 8 heteroatoms. The van der Waals surface area contributed by atoms with Gasteiger partial charge in [-0.3, -0.25) is 42.5 Å². The van der Waals surface area contributed by atoms with Gasteiger partial charge in [-0.2, -0.15) is 0 Å². The van der Waals surface area contributed by atoms with Crippen molar-refractivity contribution in [3.05, 3.63) is 0 Å². The molecule has 12 unspecified atom stereocenters. The van der Waals surface area contributed by atoms with Crippen LogP contribution < -0.4 is 42.5 Å². The Balaban J connectivity index is 1.07. The summed E-state index contributed by atoms with van der Waals surface area (Å²) in [5.74, 6) is 8.35. The lowest BCUT2D eigenvalue weighted by Gasteiger charge is -2.44. The maximum atomic E-state index is 4.44. The molecule has 9 fully saturated rings. The molecule has 9 rings (SSSR count). The van der Waals surface area contributed by atoms with E-state index in [1.807, 2.05) is 0 Å². The zero-order chi connectivity index (χ0) is 39.7. The summed E-state index contributed by atoms with van der Waals surface area (Å²) in [4.78, 5) is 0. The lowest BCUT2D eigenvalue weighted by Crippen LogP contribution is -2.61. The summed E-state index contributed by atoms with van der Waals surface area (Å²) in [5, 5.41) is 35.2. The maximum absolute atomic E-state index is 4.44. The SMILES string of the molecule is CC(C)(C)C1CCC2C3NC(NC4NC(NC5NC(NC6NC(N3)C3CC(C(C)(C)C)CCC63)C3CC(C(C)(C)C)CCC53)C3CC(C(C)(C)C)CCC43)C2C1. The van der Waals surface area contributed by atoms with Crippen LogP contribution in [0.25, 0.3) is 0 Å². The number of fused-ring (bicyclic) bond motifs is 20. The van der Waals surface area contributed by atoms with Crippen molar-refractivity contribution in [1.82, 2.24) is 42.5 Å². The first kappa shape index (κ1) is 41.1. The lowest BCUT2D eigenvalue weighted by atomic mass is 9.64. The summed E-state index contributed by atoms with van der Waals surface area (Å²) in [6.07, 6.45) is 18.8. The first-order valence-electron chi connectivity index (χ1n) is 24.3. The minimum atomic E-state index is 0.332. The van der Waals surface area contributed by atoms with E-state index in [2.05, 4.69) is 126 Å². The van der Waals surface area contributed by atoms with Gasteiger partial charge in [0, 0.05) is 0 Å². The van der Waals surface area contributed by atoms with Crippen LogP contribution in [0.15, 0.2) is 0 Å². The number of hydrogen-bond donors (Lipinski definition) is 8. The van der Waals surface area contributed by atoms with Gasteiger partial charge >= 0.3 is 0 Å². The van der Waals surface area contributed by atoms with Crippen molar-refractivity contribution in [3.8, 4) is 0 Å². The van der Waals surface area contributed by atoms with Crippen molar-refractivity contribution < 1.29 is 0 Å². The van der Waals surface area contributed by atoms with Crippen molar-refractivity contribution in [1.29, 1.82) is 0 Å². The van der Waals surface area contributed by atoms with E-state index >= 15 is 0 Å². The van der Waals surface area contributed by atoms with Crippen LogP contribution >= 0.6 is 0 Å². The van der Waals surface area contributed by atoms with Gasteiger partial charge in [0.05, 0.1) is 49.3 Å². The summed E-state index contributed by atoms with van der Waals surface area (Å²) in [6, 6.07) is 0. The Morgan fingerprint density at radius 2 is 0.393 bits per heavy atom. The molecule has 5 aliphatic heterocycles. The minimum absolute atomic E-state index is 0.332. The molecule has 4 saturated carbocycles. The van der Waals surface area contributed by atoms with Crippen molar-refractivity contribution >= 4 is 0 Å². The minimum Gasteiger partial charge on any atom is -0.286 e. The average Bonchev–Trinajstić information content (AvgIpc) is 3.84. The molecule has 0 radical (unpaired) electrons. The molecule has 0 amide bonds. The van der Waals surface area contributed by atoms with Crippen molar-refractivity contribution in [2.24, 2.45) is 92.7 Å². The zero-order valence-corrected chi connectivity index (χ0v) is 38.0. The van der Waals surface area contributed by atoms with Gasteiger partial charge in [-0.25, -0.2) is 0 Å². The standard InChI is InChI=1S/C48H88N8/c1-45(2,3)25-13-17-29-33(21-25)41-49-37(29)54-42-35-23-27(47(7,8)9)15-19-31(35)39(51-42)56-44-36-24-28(48(10,11)12)16-20-32(36)40(52-44)55-43-34-22-26(46(4,5)6)14-18-30(34)38(50-43)53-41/h25-44,49-56H,13-24H2,1-12H3. The van der Waals surface area contributed by atoms with Gasteiger partial charge in [0.2, 0.25) is 0 Å². The van der Waals surface area contributed by atoms with Crippen LogP contribution in [0.1, 0.15) is 160 Å². The van der Waals surface area contributed by atoms with Crippen molar-refractivity contribution in [2.45, 2.75) is 209 Å². The predicted molar refractivity (Wildman–Crippen MR) is 230 cm³/mol. The largest absolute Gasteiger partial charge is 0.286 e. The Bertz CT molecular complexity index is 1180. The first-order valence-corrected chi connectivity index (χ1v) is 24.3. The summed E-state index contributed by atoms with van der Waals surface area (Å²) in [6.45, 7) is 30.0. The Morgan fingerprint density at radius 3 is 0.554 bits per heavy atom. The predicted octanol–water partition coefficient (Wildman–Crippen LogP) is 7.69. The monoisotopic (exact) mass is 777 g/mol. The third-order valence-electron chi connectivity index (χ3n) is 19.0. The van der Waals surface area contributed by atoms with E-state index < -0.39 is 0 Å². The molecule has 5 saturated heterocycles. The molecule has 0 aromatic heterocycles. The maximum Gasteiger partial charge on any atom is 0.0628 e. The highest BCUT2D eigenvalue weighted by atomic mass is 15.4. The molecule has 56 heavy (non-hydrogen) atoms. The fourth-order valence-electron chi connectivity index (χ4n) is 15.2. The van der Waals surface area contributed by atoms with E-state index in [1.54, 1.807) is 0 Å². The van der Waals surface area contributed by atoms with Gasteiger partial charge in [-0.05, 0) is 170 Å². The topological polar surface area (TPSA) is 96.2 Å². The third kappa shape index (κ3) is 7.64. The van der Waals surface area contributed by atoms with Crippen LogP contribution in [0.4, 0.5) is 0 Å². The number of hydrogen-bond acceptors (Lipinski definition) is 8. The smallest absolute Gasteiger partial charge is 0.0628 e. The van der Waals surface area contributed by atoms with Crippen LogP contribution in [0.2, 0.25) is 0 Å². The Morgan fingerprint density at radius 1 is 0.232 bits per heavy atom. The molecular weight excluding hydrogens is 689 g/mol. The van der Waals surface area contributed by atoms with Gasteiger partial charge in [0.1, 0.15) is 0 Å². The highest BCUT2D eigenvalue weighted by Gasteiger charge is 2.57. The third-order valence-corrected chi connectivity index (χ3v) is 19.0. The van der Waals surface area contributed by atoms with Crippen molar-refractivity contribution in [2.75, 3.05) is 0 Å². The normalized spacial score (nSPS) is 51.2. The van der Waals surface area contributed by atoms with Gasteiger partial charge in [-0.1, -0.05) is 83.1 Å². The molecule has 8 bridgehead atoms. The van der Waals surface area contributed by atoms with Crippen LogP contribution in [0.3, 0.4) is 0 Å². The molecule has 9 aliphatic rings. The second-order valence-corrected chi connectivity index (χ2v) is 26.0. The van der Waals surface area contributed by atoms with E-state index in [9.17, 15) is 0 Å². The average molecular weight is 777 g/mol. The Hall–Kier alpha value is -0.320. The highest BCUT2D eigenvalue weighted by molar-refractivity contribution is 5.10. The Labute approximate surface area is 343 Å². The molecule has 320 valence electrons. The summed E-state index contributed by atoms with van der Waals surface area (Å²) in [5.41, 5.74) is 1.42. The van der Waals surface area contributed by atoms with E-state index in [1.165, 1.54) is 77.0 Å². The van der Waals surface area contributed by atoms with Crippen LogP contribution in [-0.4, -0.2) is 49.3 Å². The second-order valence-electron chi connectivity index (χ2n) is 26.0. The second kappa shape index (κ2) is 14.7. The molecule has 0 aromatic carbocycles. The van der Waals surface area contributed by atoms with Crippen LogP contribution in [0.5, 0.6) is 0 Å². The van der Waals surface area contributed by atoms with E-state index in [0.29, 0.717) is 118 Å². The quantitative estimate of drug-likeness (QED) is 0.127. The van der Waals surface area contributed by atoms with E-state index in [-0.39, 0.29) is 0 Å². The Kier molecular flexibility index (Phi) is 10.7. The summed E-state index contributed by atoms with van der Waals surface area (Å²) >= 11 is 0. The van der Waals surface area contributed by atoms with Crippen LogP contribution in [-0.2, 0) is 0 Å². The molecular formula is C48H88N8. The van der Waals surface area contributed by atoms with Gasteiger partial charge in [-0.15, -0.1) is 0 Å². The molecule has 0 aromatic rings. The molecule has 0 spiro atoms. The summed E-state index contributed by atoms with van der Waals surface area (Å²) < 4.78 is 0. The number of rotatable bonds is 0.